The number of unbranched alkanes of at least 4 members (excludes halogenated alkanes) is 1. The van der Waals surface area contributed by atoms with Crippen molar-refractivity contribution >= 4 is 21.7 Å². The van der Waals surface area contributed by atoms with E-state index in [2.05, 4.69) is 0 Å². The largest absolute Gasteiger partial charge is 0.492 e. The Morgan fingerprint density at radius 2 is 1.35 bits per heavy atom. The van der Waals surface area contributed by atoms with Gasteiger partial charge in [0, 0.05) is 22.9 Å². The molecule has 0 N–H and O–H groups in total. The number of aromatic nitrogens is 1. The van der Waals surface area contributed by atoms with E-state index in [1.54, 1.807) is 18.2 Å². The van der Waals surface area contributed by atoms with Crippen LogP contribution in [0.5, 0.6) is 11.5 Å². The van der Waals surface area contributed by atoms with Gasteiger partial charge in [-0.1, -0.05) is 61.9 Å². The minimum atomic E-state index is -5.97. The monoisotopic (exact) mass is 567 g/mol. The summed E-state index contributed by atoms with van der Waals surface area (Å²) in [7, 11) is 2.04. The second kappa shape index (κ2) is 11.0. The van der Waals surface area contributed by atoms with E-state index in [9.17, 15) is 31.1 Å². The Morgan fingerprint density at radius 1 is 0.775 bits per heavy atom. The van der Waals surface area contributed by atoms with Gasteiger partial charge in [-0.3, -0.25) is 4.79 Å². The third kappa shape index (κ3) is 4.76. The van der Waals surface area contributed by atoms with Crippen LogP contribution in [0.25, 0.3) is 21.7 Å². The van der Waals surface area contributed by atoms with Gasteiger partial charge in [-0.2, -0.15) is 26.3 Å². The number of nitrogens with zero attached hydrogens (tertiary/aromatic N) is 1. The summed E-state index contributed by atoms with van der Waals surface area (Å²) < 4.78 is 106. The molecule has 0 spiro atoms. The van der Waals surface area contributed by atoms with E-state index >= 15 is 0 Å². The summed E-state index contributed by atoms with van der Waals surface area (Å²) in [6.07, 6.45) is -10.7. The first-order valence-corrected chi connectivity index (χ1v) is 12.4. The number of rotatable bonds is 9. The predicted molar refractivity (Wildman–Crippen MR) is 139 cm³/mol. The van der Waals surface area contributed by atoms with Crippen molar-refractivity contribution in [2.75, 3.05) is 14.2 Å². The van der Waals surface area contributed by atoms with Crippen LogP contribution in [0.1, 0.15) is 30.9 Å². The zero-order valence-corrected chi connectivity index (χ0v) is 21.9. The lowest BCUT2D eigenvalue weighted by atomic mass is 9.88. The molecule has 0 aliphatic rings. The first-order valence-electron chi connectivity index (χ1n) is 12.4. The molecule has 4 aromatic rings. The predicted octanol–water partition coefficient (Wildman–Crippen LogP) is 7.51. The van der Waals surface area contributed by atoms with Crippen LogP contribution in [0, 0.1) is 0 Å². The number of methoxy groups -OCH3 is 2. The number of aryl methyl sites for hydroxylation is 1. The van der Waals surface area contributed by atoms with Crippen LogP contribution >= 0.6 is 0 Å². The zero-order chi connectivity index (χ0) is 29.3. The smallest absolute Gasteiger partial charge is 0.431 e. The summed E-state index contributed by atoms with van der Waals surface area (Å²) in [5.74, 6) is -1.27. The summed E-state index contributed by atoms with van der Waals surface area (Å²) in [4.78, 5) is 13.5. The molecule has 11 heteroatoms. The Kier molecular flexibility index (Phi) is 8.07. The molecule has 0 aliphatic heterocycles. The molecule has 0 amide bonds. The minimum Gasteiger partial charge on any atom is -0.492 e. The maximum Gasteiger partial charge on any atom is 0.431 e. The van der Waals surface area contributed by atoms with E-state index in [0.29, 0.717) is 12.8 Å². The third-order valence-corrected chi connectivity index (χ3v) is 6.79. The number of pyridine rings is 1. The molecular weight excluding hydrogens is 540 g/mol. The highest BCUT2D eigenvalue weighted by molar-refractivity contribution is 6.08. The fourth-order valence-corrected chi connectivity index (χ4v) is 4.91. The van der Waals surface area contributed by atoms with Crippen molar-refractivity contribution in [2.24, 2.45) is 0 Å². The van der Waals surface area contributed by atoms with Crippen LogP contribution < -0.4 is 15.0 Å². The fraction of sp³-hybridized carbons (Fsp3) is 0.345. The molecule has 0 saturated heterocycles. The Bertz CT molecular complexity index is 1550. The average Bonchev–Trinajstić information content (AvgIpc) is 2.91. The van der Waals surface area contributed by atoms with Crippen molar-refractivity contribution in [3.8, 4) is 11.5 Å². The van der Waals surface area contributed by atoms with Crippen LogP contribution in [0.15, 0.2) is 65.5 Å². The molecule has 5 nitrogen and oxygen atoms in total. The normalized spacial score (nSPS) is 12.7. The molecule has 0 bridgehead atoms. The molecule has 214 valence electrons. The molecule has 0 saturated carbocycles. The quantitative estimate of drug-likeness (QED) is 0.155. The zero-order valence-electron chi connectivity index (χ0n) is 21.9. The standard InChI is InChI=1S/C29H27F6NO4/c1-4-5-15-36-23-21(19-13-9-10-14-20(19)26(36)37)16-22(24(38-2)25(23)39-3)27(28(30,31)32,29(33,34)35)40-17-18-11-7-6-8-12-18/h6-14,16H,4-5,15,17H2,1-3H3. The van der Waals surface area contributed by atoms with E-state index in [1.165, 1.54) is 41.0 Å². The number of benzene rings is 3. The van der Waals surface area contributed by atoms with Crippen molar-refractivity contribution in [3.05, 3.63) is 82.1 Å². The van der Waals surface area contributed by atoms with Crippen LogP contribution in [0.4, 0.5) is 26.3 Å². The lowest BCUT2D eigenvalue weighted by Gasteiger charge is -2.38. The number of alkyl halides is 6. The van der Waals surface area contributed by atoms with Crippen molar-refractivity contribution < 1.29 is 40.6 Å². The summed E-state index contributed by atoms with van der Waals surface area (Å²) >= 11 is 0. The van der Waals surface area contributed by atoms with Gasteiger partial charge in [0.2, 0.25) is 0 Å². The van der Waals surface area contributed by atoms with E-state index in [4.69, 9.17) is 14.2 Å². The summed E-state index contributed by atoms with van der Waals surface area (Å²) in [6.45, 7) is 1.04. The van der Waals surface area contributed by atoms with E-state index < -0.39 is 47.2 Å². The molecule has 3 aromatic carbocycles. The van der Waals surface area contributed by atoms with E-state index in [-0.39, 0.29) is 33.8 Å². The Morgan fingerprint density at radius 3 is 1.90 bits per heavy atom. The second-order valence-corrected chi connectivity index (χ2v) is 9.19. The van der Waals surface area contributed by atoms with Gasteiger partial charge in [-0.15, -0.1) is 0 Å². The molecule has 0 radical (unpaired) electrons. The first kappa shape index (κ1) is 29.3. The second-order valence-electron chi connectivity index (χ2n) is 9.19. The summed E-state index contributed by atoms with van der Waals surface area (Å²) in [5.41, 5.74) is -6.45. The van der Waals surface area contributed by atoms with E-state index in [1.807, 2.05) is 6.92 Å². The highest BCUT2D eigenvalue weighted by atomic mass is 19.4. The molecule has 0 unspecified atom stereocenters. The lowest BCUT2D eigenvalue weighted by molar-refractivity contribution is -0.392. The van der Waals surface area contributed by atoms with Gasteiger partial charge in [0.25, 0.3) is 11.2 Å². The van der Waals surface area contributed by atoms with Gasteiger partial charge < -0.3 is 18.8 Å². The van der Waals surface area contributed by atoms with Gasteiger partial charge in [0.1, 0.15) is 0 Å². The van der Waals surface area contributed by atoms with Crippen molar-refractivity contribution in [1.82, 2.24) is 4.57 Å². The molecular formula is C29H27F6NO4. The maximum absolute atomic E-state index is 14.8. The van der Waals surface area contributed by atoms with Gasteiger partial charge in [0.15, 0.2) is 11.5 Å². The van der Waals surface area contributed by atoms with Crippen LogP contribution in [0.2, 0.25) is 0 Å². The van der Waals surface area contributed by atoms with E-state index in [0.717, 1.165) is 20.3 Å². The highest BCUT2D eigenvalue weighted by Crippen LogP contribution is 2.58. The Balaban J connectivity index is 2.19. The highest BCUT2D eigenvalue weighted by Gasteiger charge is 2.74. The molecule has 40 heavy (non-hydrogen) atoms. The fourth-order valence-electron chi connectivity index (χ4n) is 4.91. The number of ether oxygens (including phenoxy) is 3. The third-order valence-electron chi connectivity index (χ3n) is 6.79. The maximum atomic E-state index is 14.8. The Hall–Kier alpha value is -3.73. The number of hydrogen-bond donors (Lipinski definition) is 0. The van der Waals surface area contributed by atoms with Crippen LogP contribution in [0.3, 0.4) is 0 Å². The molecule has 4 rings (SSSR count). The minimum absolute atomic E-state index is 0.0292. The number of fused-ring (bicyclic) bond motifs is 3. The van der Waals surface area contributed by atoms with Gasteiger partial charge in [-0.05, 0) is 29.5 Å². The van der Waals surface area contributed by atoms with Crippen molar-refractivity contribution in [3.63, 3.8) is 0 Å². The molecule has 0 atom stereocenters. The topological polar surface area (TPSA) is 49.7 Å². The number of halogens is 6. The lowest BCUT2D eigenvalue weighted by Crippen LogP contribution is -2.56. The SMILES string of the molecule is CCCCn1c(=O)c2ccccc2c2cc(C(OCc3ccccc3)(C(F)(F)F)C(F)(F)F)c(OC)c(OC)c21. The summed E-state index contributed by atoms with van der Waals surface area (Å²) in [5, 5.41) is 0.262. The molecule has 0 aliphatic carbocycles. The molecule has 1 aromatic heterocycles. The van der Waals surface area contributed by atoms with Crippen molar-refractivity contribution in [2.45, 2.75) is 50.9 Å². The molecule has 1 heterocycles. The average molecular weight is 568 g/mol. The van der Waals surface area contributed by atoms with Gasteiger partial charge in [-0.25, -0.2) is 0 Å². The van der Waals surface area contributed by atoms with Crippen LogP contribution in [-0.2, 0) is 23.5 Å². The Labute approximate surface area is 225 Å². The van der Waals surface area contributed by atoms with Gasteiger partial charge >= 0.3 is 12.4 Å². The van der Waals surface area contributed by atoms with Gasteiger partial charge in [0.05, 0.1) is 26.3 Å². The molecule has 0 fully saturated rings. The van der Waals surface area contributed by atoms with Crippen molar-refractivity contribution in [1.29, 1.82) is 0 Å². The number of hydrogen-bond acceptors (Lipinski definition) is 4. The first-order chi connectivity index (χ1) is 18.9. The van der Waals surface area contributed by atoms with Crippen LogP contribution in [-0.4, -0.2) is 31.1 Å². The summed E-state index contributed by atoms with van der Waals surface area (Å²) in [6, 6.07) is 14.0.